The van der Waals surface area contributed by atoms with E-state index in [2.05, 4.69) is 0 Å². The van der Waals surface area contributed by atoms with E-state index in [0.717, 1.165) is 12.5 Å². The van der Waals surface area contributed by atoms with Gasteiger partial charge < -0.3 is 15.5 Å². The quantitative estimate of drug-likeness (QED) is 0.908. The maximum absolute atomic E-state index is 12.8. The number of likely N-dealkylation sites (N-methyl/N-ethyl adjacent to an activating group) is 1. The van der Waals surface area contributed by atoms with Crippen LogP contribution in [0.4, 0.5) is 18.9 Å². The third kappa shape index (κ3) is 4.25. The highest BCUT2D eigenvalue weighted by Gasteiger charge is 2.32. The minimum Gasteiger partial charge on any atom is -0.370 e. The van der Waals surface area contributed by atoms with Crippen LogP contribution in [-0.4, -0.2) is 44.2 Å². The van der Waals surface area contributed by atoms with Gasteiger partial charge in [0.2, 0.25) is 0 Å². The maximum atomic E-state index is 12.8. The predicted molar refractivity (Wildman–Crippen MR) is 81.0 cm³/mol. The third-order valence-corrected chi connectivity index (χ3v) is 3.84. The summed E-state index contributed by atoms with van der Waals surface area (Å²) >= 11 is 0. The van der Waals surface area contributed by atoms with Crippen LogP contribution in [0.25, 0.3) is 0 Å². The van der Waals surface area contributed by atoms with Crippen LogP contribution in [0.5, 0.6) is 0 Å². The Morgan fingerprint density at radius 1 is 1.29 bits per heavy atom. The number of halogens is 4. The summed E-state index contributed by atoms with van der Waals surface area (Å²) in [5.74, 6) is 0. The molecular weight excluding hydrogens is 303 g/mol. The number of benzene rings is 1. The second kappa shape index (κ2) is 6.85. The summed E-state index contributed by atoms with van der Waals surface area (Å²) in [6.45, 7) is 1.34. The lowest BCUT2D eigenvalue weighted by Crippen LogP contribution is -2.56. The van der Waals surface area contributed by atoms with Crippen LogP contribution in [0.15, 0.2) is 24.3 Å². The fraction of sp³-hybridized carbons (Fsp3) is 0.571. The van der Waals surface area contributed by atoms with Gasteiger partial charge in [-0.2, -0.15) is 13.2 Å². The molecule has 1 aliphatic rings. The summed E-state index contributed by atoms with van der Waals surface area (Å²) < 4.78 is 38.3. The molecule has 3 nitrogen and oxygen atoms in total. The highest BCUT2D eigenvalue weighted by atomic mass is 35.5. The normalized spacial score (nSPS) is 23.1. The van der Waals surface area contributed by atoms with E-state index in [4.69, 9.17) is 5.73 Å². The van der Waals surface area contributed by atoms with Crippen molar-refractivity contribution in [1.29, 1.82) is 0 Å². The van der Waals surface area contributed by atoms with Crippen LogP contribution in [0.3, 0.4) is 0 Å². The smallest absolute Gasteiger partial charge is 0.370 e. The van der Waals surface area contributed by atoms with E-state index in [0.29, 0.717) is 18.8 Å². The average molecular weight is 324 g/mol. The Balaban J connectivity index is 0.00000220. The summed E-state index contributed by atoms with van der Waals surface area (Å²) in [6, 6.07) is 5.70. The lowest BCUT2D eigenvalue weighted by molar-refractivity contribution is -0.137. The van der Waals surface area contributed by atoms with E-state index in [1.54, 1.807) is 6.07 Å². The Kier molecular flexibility index (Phi) is 5.90. The molecule has 0 aliphatic carbocycles. The van der Waals surface area contributed by atoms with Crippen LogP contribution in [-0.2, 0) is 6.18 Å². The monoisotopic (exact) mass is 323 g/mol. The van der Waals surface area contributed by atoms with Gasteiger partial charge in [-0.25, -0.2) is 0 Å². The lowest BCUT2D eigenvalue weighted by atomic mass is 9.98. The lowest BCUT2D eigenvalue weighted by Gasteiger charge is -2.41. The van der Waals surface area contributed by atoms with Crippen molar-refractivity contribution < 1.29 is 13.2 Å². The van der Waals surface area contributed by atoms with Crippen molar-refractivity contribution in [3.8, 4) is 0 Å². The van der Waals surface area contributed by atoms with Crippen molar-refractivity contribution in [2.24, 2.45) is 5.73 Å². The van der Waals surface area contributed by atoms with E-state index in [1.807, 2.05) is 23.9 Å². The Morgan fingerprint density at radius 2 is 1.95 bits per heavy atom. The van der Waals surface area contributed by atoms with E-state index in [1.165, 1.54) is 12.1 Å². The van der Waals surface area contributed by atoms with E-state index < -0.39 is 11.7 Å². The summed E-state index contributed by atoms with van der Waals surface area (Å²) in [5, 5.41) is 0. The molecule has 0 spiro atoms. The number of piperidine rings is 1. The highest BCUT2D eigenvalue weighted by Crippen LogP contribution is 2.32. The van der Waals surface area contributed by atoms with Gasteiger partial charge in [0.05, 0.1) is 5.56 Å². The van der Waals surface area contributed by atoms with Crippen molar-refractivity contribution >= 4 is 18.1 Å². The minimum absolute atomic E-state index is 0. The highest BCUT2D eigenvalue weighted by molar-refractivity contribution is 5.85. The molecule has 1 unspecified atom stereocenters. The van der Waals surface area contributed by atoms with Crippen LogP contribution in [0, 0.1) is 0 Å². The molecule has 1 fully saturated rings. The summed E-state index contributed by atoms with van der Waals surface area (Å²) in [6.07, 6.45) is -3.53. The fourth-order valence-electron chi connectivity index (χ4n) is 2.61. The first-order valence-electron chi connectivity index (χ1n) is 6.63. The van der Waals surface area contributed by atoms with Crippen molar-refractivity contribution in [2.75, 3.05) is 32.1 Å². The predicted octanol–water partition coefficient (Wildman–Crippen LogP) is 2.59. The van der Waals surface area contributed by atoms with E-state index in [9.17, 15) is 13.2 Å². The molecule has 21 heavy (non-hydrogen) atoms. The van der Waals surface area contributed by atoms with Crippen LogP contribution < -0.4 is 10.6 Å². The van der Waals surface area contributed by atoms with Gasteiger partial charge in [-0.3, -0.25) is 0 Å². The second-order valence-electron chi connectivity index (χ2n) is 5.48. The Bertz CT molecular complexity index is 465. The number of hydrogen-bond acceptors (Lipinski definition) is 3. The average Bonchev–Trinajstić information content (AvgIpc) is 2.38. The molecule has 7 heteroatoms. The van der Waals surface area contributed by atoms with Gasteiger partial charge in [0.15, 0.2) is 0 Å². The molecule has 2 atom stereocenters. The van der Waals surface area contributed by atoms with Crippen LogP contribution in [0.1, 0.15) is 12.0 Å². The number of nitrogens with zero attached hydrogens (tertiary/aromatic N) is 2. The van der Waals surface area contributed by atoms with Gasteiger partial charge in [-0.1, -0.05) is 6.07 Å². The summed E-state index contributed by atoms with van der Waals surface area (Å²) in [7, 11) is 3.89. The molecule has 120 valence electrons. The molecule has 0 aromatic heterocycles. The van der Waals surface area contributed by atoms with Gasteiger partial charge in [0.1, 0.15) is 0 Å². The third-order valence-electron chi connectivity index (χ3n) is 3.84. The zero-order chi connectivity index (χ0) is 14.9. The molecular formula is C14H21ClF3N3. The molecule has 2 rings (SSSR count). The maximum Gasteiger partial charge on any atom is 0.416 e. The molecule has 1 heterocycles. The molecule has 1 saturated heterocycles. The molecule has 1 aromatic rings. The van der Waals surface area contributed by atoms with Crippen molar-refractivity contribution in [3.05, 3.63) is 29.8 Å². The fourth-order valence-corrected chi connectivity index (χ4v) is 2.61. The SMILES string of the molecule is CN(C)[C@H]1CN(c2cccc(C(F)(F)F)c2)CCC1N.Cl. The minimum atomic E-state index is -4.30. The van der Waals surface area contributed by atoms with E-state index >= 15 is 0 Å². The first kappa shape index (κ1) is 18.1. The van der Waals surface area contributed by atoms with Gasteiger partial charge in [0.25, 0.3) is 0 Å². The Morgan fingerprint density at radius 3 is 2.52 bits per heavy atom. The first-order chi connectivity index (χ1) is 9.29. The summed E-state index contributed by atoms with van der Waals surface area (Å²) in [4.78, 5) is 4.01. The molecule has 2 N–H and O–H groups in total. The first-order valence-corrected chi connectivity index (χ1v) is 6.63. The van der Waals surface area contributed by atoms with Crippen LogP contribution in [0.2, 0.25) is 0 Å². The number of anilines is 1. The van der Waals surface area contributed by atoms with Crippen molar-refractivity contribution in [2.45, 2.75) is 24.7 Å². The van der Waals surface area contributed by atoms with Gasteiger partial charge >= 0.3 is 6.18 Å². The molecule has 1 aliphatic heterocycles. The Labute approximate surface area is 129 Å². The molecule has 0 radical (unpaired) electrons. The van der Waals surface area contributed by atoms with Crippen LogP contribution >= 0.6 is 12.4 Å². The van der Waals surface area contributed by atoms with Gasteiger partial charge in [-0.15, -0.1) is 12.4 Å². The number of nitrogens with two attached hydrogens (primary N) is 1. The van der Waals surface area contributed by atoms with Gasteiger partial charge in [-0.05, 0) is 38.7 Å². The van der Waals surface area contributed by atoms with Crippen molar-refractivity contribution in [1.82, 2.24) is 4.90 Å². The molecule has 1 aromatic carbocycles. The Hall–Kier alpha value is -0.980. The van der Waals surface area contributed by atoms with Crippen molar-refractivity contribution in [3.63, 3.8) is 0 Å². The number of hydrogen-bond donors (Lipinski definition) is 1. The zero-order valence-corrected chi connectivity index (χ0v) is 12.9. The largest absolute Gasteiger partial charge is 0.416 e. The standard InChI is InChI=1S/C14H20F3N3.ClH/c1-19(2)13-9-20(7-6-12(13)18)11-5-3-4-10(8-11)14(15,16)17;/h3-5,8,12-13H,6-7,9,18H2,1-2H3;1H/t12?,13-;/m0./s1. The summed E-state index contributed by atoms with van der Waals surface area (Å²) in [5.41, 5.74) is 6.08. The topological polar surface area (TPSA) is 32.5 Å². The molecule has 0 bridgehead atoms. The zero-order valence-electron chi connectivity index (χ0n) is 12.1. The number of alkyl halides is 3. The van der Waals surface area contributed by atoms with E-state index in [-0.39, 0.29) is 24.5 Å². The number of rotatable bonds is 2. The molecule has 0 amide bonds. The second-order valence-corrected chi connectivity index (χ2v) is 5.48. The molecule has 0 saturated carbocycles. The van der Waals surface area contributed by atoms with Gasteiger partial charge in [0, 0.05) is 30.9 Å².